The number of carboxylic acid groups (broad SMARTS) is 4. The molecule has 0 aromatic heterocycles. The van der Waals surface area contributed by atoms with Crippen LogP contribution in [0.15, 0.2) is 0 Å². The molecule has 0 aromatic carbocycles. The third-order valence-electron chi connectivity index (χ3n) is 0.954. The van der Waals surface area contributed by atoms with Crippen LogP contribution < -0.4 is 0 Å². The minimum Gasteiger partial charge on any atom is -0.450 e. The van der Waals surface area contributed by atoms with E-state index in [9.17, 15) is 14.4 Å². The summed E-state index contributed by atoms with van der Waals surface area (Å²) in [6, 6.07) is 0. The molecular formula is C12H22O11. The van der Waals surface area contributed by atoms with E-state index < -0.39 is 35.8 Å². The molecule has 0 atom stereocenters. The van der Waals surface area contributed by atoms with Crippen molar-refractivity contribution in [3.05, 3.63) is 0 Å². The summed E-state index contributed by atoms with van der Waals surface area (Å²) in [6.07, 6.45) is -6.07. The van der Waals surface area contributed by atoms with E-state index in [1.807, 2.05) is 0 Å². The SMILES string of the molecule is CC(C)(C)OC(=O)OC(C)(C)C.O=C(O)O.O=C(O)OC(=O)O. The van der Waals surface area contributed by atoms with Gasteiger partial charge in [-0.15, -0.1) is 0 Å². The number of carbonyl (C=O) groups excluding carboxylic acids is 1. The molecule has 11 nitrogen and oxygen atoms in total. The Labute approximate surface area is 132 Å². The first kappa shape index (κ1) is 25.2. The van der Waals surface area contributed by atoms with Gasteiger partial charge in [-0.1, -0.05) is 0 Å². The monoisotopic (exact) mass is 342 g/mol. The first-order valence-electron chi connectivity index (χ1n) is 5.94. The van der Waals surface area contributed by atoms with Crippen LogP contribution in [0.1, 0.15) is 41.5 Å². The van der Waals surface area contributed by atoms with Crippen LogP contribution in [0, 0.1) is 0 Å². The van der Waals surface area contributed by atoms with Crippen LogP contribution in [-0.4, -0.2) is 56.2 Å². The second-order valence-electron chi connectivity index (χ2n) is 5.60. The molecule has 0 bridgehead atoms. The molecule has 0 saturated heterocycles. The summed E-state index contributed by atoms with van der Waals surface area (Å²) in [7, 11) is 0. The summed E-state index contributed by atoms with van der Waals surface area (Å²) in [5.41, 5.74) is -0.968. The molecule has 11 heteroatoms. The molecule has 0 rings (SSSR count). The first-order chi connectivity index (χ1) is 9.96. The van der Waals surface area contributed by atoms with E-state index in [-0.39, 0.29) is 0 Å². The van der Waals surface area contributed by atoms with Gasteiger partial charge in [-0.05, 0) is 41.5 Å². The van der Waals surface area contributed by atoms with E-state index in [1.165, 1.54) is 0 Å². The van der Waals surface area contributed by atoms with Crippen molar-refractivity contribution < 1.29 is 53.8 Å². The molecule has 0 aliphatic carbocycles. The van der Waals surface area contributed by atoms with Gasteiger partial charge in [0, 0.05) is 0 Å². The van der Waals surface area contributed by atoms with Gasteiger partial charge in [0.05, 0.1) is 0 Å². The van der Waals surface area contributed by atoms with Crippen LogP contribution in [0.3, 0.4) is 0 Å². The Morgan fingerprint density at radius 1 is 0.652 bits per heavy atom. The number of hydrogen-bond donors (Lipinski definition) is 4. The largest absolute Gasteiger partial charge is 0.516 e. The normalized spacial score (nSPS) is 9.83. The van der Waals surface area contributed by atoms with E-state index in [1.54, 1.807) is 41.5 Å². The lowest BCUT2D eigenvalue weighted by Gasteiger charge is -2.24. The van der Waals surface area contributed by atoms with E-state index >= 15 is 0 Å². The number of rotatable bonds is 0. The van der Waals surface area contributed by atoms with Crippen LogP contribution >= 0.6 is 0 Å². The second kappa shape index (κ2) is 10.9. The lowest BCUT2D eigenvalue weighted by atomic mass is 10.2. The fourth-order valence-electron chi connectivity index (χ4n) is 0.596. The molecule has 0 saturated carbocycles. The molecule has 4 N–H and O–H groups in total. The number of ether oxygens (including phenoxy) is 3. The molecule has 0 heterocycles. The minimum absolute atomic E-state index is 0.484. The molecule has 0 radical (unpaired) electrons. The quantitative estimate of drug-likeness (QED) is 0.375. The first-order valence-corrected chi connectivity index (χ1v) is 5.94. The predicted molar refractivity (Wildman–Crippen MR) is 74.9 cm³/mol. The van der Waals surface area contributed by atoms with E-state index in [0.29, 0.717) is 0 Å². The molecule has 0 spiro atoms. The lowest BCUT2D eigenvalue weighted by Crippen LogP contribution is -2.30. The smallest absolute Gasteiger partial charge is 0.450 e. The third-order valence-corrected chi connectivity index (χ3v) is 0.954. The Morgan fingerprint density at radius 3 is 0.957 bits per heavy atom. The number of hydrogen-bond acceptors (Lipinski definition) is 7. The highest BCUT2D eigenvalue weighted by Crippen LogP contribution is 2.13. The van der Waals surface area contributed by atoms with Crippen LogP contribution in [-0.2, 0) is 14.2 Å². The van der Waals surface area contributed by atoms with Crippen molar-refractivity contribution in [3.8, 4) is 0 Å². The van der Waals surface area contributed by atoms with E-state index in [2.05, 4.69) is 4.74 Å². The summed E-state index contributed by atoms with van der Waals surface area (Å²) in [5.74, 6) is 0. The Kier molecular flexibility index (Phi) is 12.0. The minimum atomic E-state index is -1.83. The highest BCUT2D eigenvalue weighted by molar-refractivity contribution is 5.74. The standard InChI is InChI=1S/C9H18O3.C2H2O5.CH2O3/c1-8(2,3)11-7(10)12-9(4,5)6;3-1(4)7-2(5)6;2-1(3)4/h1-6H3;(H,3,4)(H,5,6);(H2,2,3,4). The maximum atomic E-state index is 11.0. The second-order valence-corrected chi connectivity index (χ2v) is 5.60. The highest BCUT2D eigenvalue weighted by Gasteiger charge is 2.22. The van der Waals surface area contributed by atoms with E-state index in [4.69, 9.17) is 34.7 Å². The molecule has 0 aliphatic heterocycles. The Morgan fingerprint density at radius 2 is 0.870 bits per heavy atom. The van der Waals surface area contributed by atoms with E-state index in [0.717, 1.165) is 0 Å². The van der Waals surface area contributed by atoms with Crippen LogP contribution in [0.5, 0.6) is 0 Å². The van der Waals surface area contributed by atoms with Gasteiger partial charge in [0.15, 0.2) is 0 Å². The zero-order valence-electron chi connectivity index (χ0n) is 13.6. The van der Waals surface area contributed by atoms with Crippen molar-refractivity contribution >= 4 is 24.6 Å². The maximum Gasteiger partial charge on any atom is 0.516 e. The fraction of sp³-hybridized carbons (Fsp3) is 0.667. The van der Waals surface area contributed by atoms with Gasteiger partial charge in [-0.25, -0.2) is 19.2 Å². The third kappa shape index (κ3) is 45.2. The molecule has 0 amide bonds. The van der Waals surface area contributed by atoms with Gasteiger partial charge < -0.3 is 34.6 Å². The average Bonchev–Trinajstić information content (AvgIpc) is 2.06. The molecule has 0 fully saturated rings. The molecule has 136 valence electrons. The fourth-order valence-corrected chi connectivity index (χ4v) is 0.596. The average molecular weight is 342 g/mol. The molecule has 0 unspecified atom stereocenters. The van der Waals surface area contributed by atoms with Crippen molar-refractivity contribution in [1.29, 1.82) is 0 Å². The Balaban J connectivity index is -0.000000307. The van der Waals surface area contributed by atoms with Gasteiger partial charge in [-0.2, -0.15) is 0 Å². The summed E-state index contributed by atoms with van der Waals surface area (Å²) in [4.78, 5) is 38.0. The molecular weight excluding hydrogens is 320 g/mol. The summed E-state index contributed by atoms with van der Waals surface area (Å²) < 4.78 is 13.0. The van der Waals surface area contributed by atoms with Crippen LogP contribution in [0.4, 0.5) is 19.2 Å². The highest BCUT2D eigenvalue weighted by atomic mass is 16.7. The van der Waals surface area contributed by atoms with Crippen molar-refractivity contribution in [1.82, 2.24) is 0 Å². The Hall–Kier alpha value is -2.72. The van der Waals surface area contributed by atoms with Crippen molar-refractivity contribution in [2.45, 2.75) is 52.7 Å². The molecule has 23 heavy (non-hydrogen) atoms. The van der Waals surface area contributed by atoms with Crippen molar-refractivity contribution in [2.24, 2.45) is 0 Å². The molecule has 0 aliphatic rings. The van der Waals surface area contributed by atoms with Gasteiger partial charge in [-0.3, -0.25) is 0 Å². The zero-order valence-corrected chi connectivity index (χ0v) is 13.6. The molecule has 0 aromatic rings. The zero-order chi connectivity index (χ0) is 19.4. The van der Waals surface area contributed by atoms with Gasteiger partial charge >= 0.3 is 24.6 Å². The van der Waals surface area contributed by atoms with Crippen molar-refractivity contribution in [2.75, 3.05) is 0 Å². The van der Waals surface area contributed by atoms with Crippen LogP contribution in [0.25, 0.3) is 0 Å². The van der Waals surface area contributed by atoms with Crippen LogP contribution in [0.2, 0.25) is 0 Å². The van der Waals surface area contributed by atoms with Gasteiger partial charge in [0.2, 0.25) is 0 Å². The topological polar surface area (TPSA) is 177 Å². The summed E-state index contributed by atoms with van der Waals surface area (Å²) in [5, 5.41) is 28.9. The Bertz CT molecular complexity index is 366. The predicted octanol–water partition coefficient (Wildman–Crippen LogP) is 3.32. The maximum absolute atomic E-state index is 11.0. The lowest BCUT2D eigenvalue weighted by molar-refractivity contribution is -0.0468. The van der Waals surface area contributed by atoms with Crippen molar-refractivity contribution in [3.63, 3.8) is 0 Å². The van der Waals surface area contributed by atoms with Gasteiger partial charge in [0.25, 0.3) is 0 Å². The number of carbonyl (C=O) groups is 4. The summed E-state index contributed by atoms with van der Waals surface area (Å²) in [6.45, 7) is 10.8. The van der Waals surface area contributed by atoms with Gasteiger partial charge in [0.1, 0.15) is 11.2 Å². The summed E-state index contributed by atoms with van der Waals surface area (Å²) >= 11 is 0.